The number of ketones is 2. The Balaban J connectivity index is 1.82. The Morgan fingerprint density at radius 2 is 0.981 bits per heavy atom. The zero-order valence-electron chi connectivity index (χ0n) is 28.9. The van der Waals surface area contributed by atoms with Crippen LogP contribution in [0, 0.1) is 0 Å². The van der Waals surface area contributed by atoms with E-state index in [0.29, 0.717) is 0 Å². The van der Waals surface area contributed by atoms with Crippen molar-refractivity contribution in [3.63, 3.8) is 0 Å². The van der Waals surface area contributed by atoms with E-state index in [0.717, 1.165) is 42.3 Å². The number of Topliss-reactive ketones (excluding diaryl/α,β-unsaturated/α-hetero) is 2. The molecule has 53 heavy (non-hydrogen) atoms. The second-order valence-electron chi connectivity index (χ2n) is 10.6. The number of hydrogen-bond donors (Lipinski definition) is 2. The fraction of sp³-hybridized carbons (Fsp3) is 0.235. The maximum atomic E-state index is 13.1. The molecule has 3 rings (SSSR count). The SMILES string of the molecule is COC(=O)c1ccc(C(=O)OC)c(/N=N/C(C(C)=O)C(=O)Nc2ccc(NC(=O)C(/N=N/c3cc(C(=O)OC)ccc3C(=O)OC)C(C)=O)c(Cl)c2)c1. The van der Waals surface area contributed by atoms with E-state index in [1.807, 2.05) is 0 Å². The molecule has 0 saturated carbocycles. The number of carbonyl (C=O) groups is 8. The van der Waals surface area contributed by atoms with Crippen molar-refractivity contribution in [3.8, 4) is 0 Å². The smallest absolute Gasteiger partial charge is 0.340 e. The third-order valence-electron chi connectivity index (χ3n) is 6.97. The second kappa shape index (κ2) is 18.5. The summed E-state index contributed by atoms with van der Waals surface area (Å²) in [5.74, 6) is -6.52. The van der Waals surface area contributed by atoms with Crippen molar-refractivity contribution in [2.24, 2.45) is 20.5 Å². The number of carbonyl (C=O) groups excluding carboxylic acids is 8. The standard InChI is InChI=1S/C34H31ClN6O12/c1-16(42)27(40-38-25-13-18(31(46)50-3)7-10-21(25)33(48)52-5)29(44)36-20-9-12-24(23(35)15-20)37-30(45)28(17(2)43)41-39-26-14-19(32(47)51-4)8-11-22(26)34(49)53-6/h7-15,27-28H,1-6H3,(H,36,44)(H,37,45)/b40-38+,41-39+. The predicted octanol–water partition coefficient (Wildman–Crippen LogP) is 4.85. The van der Waals surface area contributed by atoms with Gasteiger partial charge in [-0.25, -0.2) is 19.2 Å². The fourth-order valence-electron chi connectivity index (χ4n) is 4.27. The van der Waals surface area contributed by atoms with Crippen molar-refractivity contribution in [2.45, 2.75) is 25.9 Å². The Kier molecular flexibility index (Phi) is 14.2. The molecule has 3 aromatic carbocycles. The molecule has 0 heterocycles. The van der Waals surface area contributed by atoms with E-state index in [-0.39, 0.29) is 50.0 Å². The molecular weight excluding hydrogens is 720 g/mol. The van der Waals surface area contributed by atoms with Gasteiger partial charge in [-0.1, -0.05) is 11.6 Å². The number of hydrogen-bond acceptors (Lipinski definition) is 16. The summed E-state index contributed by atoms with van der Waals surface area (Å²) in [4.78, 5) is 99.4. The van der Waals surface area contributed by atoms with Gasteiger partial charge in [-0.05, 0) is 68.4 Å². The van der Waals surface area contributed by atoms with E-state index >= 15 is 0 Å². The zero-order chi connectivity index (χ0) is 39.4. The molecule has 3 aromatic rings. The average molecular weight is 751 g/mol. The van der Waals surface area contributed by atoms with E-state index < -0.39 is 59.3 Å². The quantitative estimate of drug-likeness (QED) is 0.0972. The van der Waals surface area contributed by atoms with Crippen molar-refractivity contribution < 1.29 is 57.3 Å². The van der Waals surface area contributed by atoms with Crippen molar-refractivity contribution in [3.05, 3.63) is 81.9 Å². The summed E-state index contributed by atoms with van der Waals surface area (Å²) in [7, 11) is 4.54. The van der Waals surface area contributed by atoms with Gasteiger partial charge < -0.3 is 29.6 Å². The van der Waals surface area contributed by atoms with E-state index in [1.54, 1.807) is 0 Å². The molecule has 2 atom stereocenters. The van der Waals surface area contributed by atoms with Crippen LogP contribution >= 0.6 is 11.6 Å². The number of nitrogens with one attached hydrogen (secondary N) is 2. The van der Waals surface area contributed by atoms with Crippen LogP contribution in [0.5, 0.6) is 0 Å². The molecule has 2 amide bonds. The van der Waals surface area contributed by atoms with E-state index in [2.05, 4.69) is 40.6 Å². The lowest BCUT2D eigenvalue weighted by atomic mass is 10.1. The molecule has 0 bridgehead atoms. The van der Waals surface area contributed by atoms with Gasteiger partial charge in [0.2, 0.25) is 12.1 Å². The topological polar surface area (TPSA) is 247 Å². The van der Waals surface area contributed by atoms with E-state index in [1.165, 1.54) is 54.6 Å². The van der Waals surface area contributed by atoms with Crippen LogP contribution in [-0.2, 0) is 38.1 Å². The number of nitrogens with zero attached hydrogens (tertiary/aromatic N) is 4. The van der Waals surface area contributed by atoms with Gasteiger partial charge in [-0.2, -0.15) is 20.5 Å². The second-order valence-corrected chi connectivity index (χ2v) is 11.0. The van der Waals surface area contributed by atoms with Crippen molar-refractivity contribution >= 4 is 81.6 Å². The first-order valence-electron chi connectivity index (χ1n) is 15.0. The Labute approximate surface area is 305 Å². The third-order valence-corrected chi connectivity index (χ3v) is 7.28. The number of methoxy groups -OCH3 is 4. The van der Waals surface area contributed by atoms with Gasteiger partial charge in [0.25, 0.3) is 11.8 Å². The monoisotopic (exact) mass is 750 g/mol. The van der Waals surface area contributed by atoms with Crippen LogP contribution in [0.2, 0.25) is 5.02 Å². The van der Waals surface area contributed by atoms with Crippen molar-refractivity contribution in [1.29, 1.82) is 0 Å². The number of anilines is 2. The molecule has 0 aliphatic heterocycles. The highest BCUT2D eigenvalue weighted by Gasteiger charge is 2.27. The molecule has 2 unspecified atom stereocenters. The number of ether oxygens (including phenoxy) is 4. The Bertz CT molecular complexity index is 2050. The molecule has 19 heteroatoms. The van der Waals surface area contributed by atoms with E-state index in [9.17, 15) is 38.4 Å². The summed E-state index contributed by atoms with van der Waals surface area (Å²) in [5, 5.41) is 20.1. The molecule has 0 fully saturated rings. The maximum absolute atomic E-state index is 13.1. The van der Waals surface area contributed by atoms with Crippen molar-refractivity contribution in [2.75, 3.05) is 39.1 Å². The lowest BCUT2D eigenvalue weighted by molar-refractivity contribution is -0.127. The maximum Gasteiger partial charge on any atom is 0.340 e. The van der Waals surface area contributed by atoms with Crippen LogP contribution in [0.4, 0.5) is 22.7 Å². The van der Waals surface area contributed by atoms with Crippen LogP contribution in [0.15, 0.2) is 75.1 Å². The number of rotatable bonds is 14. The first-order valence-corrected chi connectivity index (χ1v) is 15.4. The molecule has 276 valence electrons. The van der Waals surface area contributed by atoms with Gasteiger partial charge in [0.1, 0.15) is 11.4 Å². The lowest BCUT2D eigenvalue weighted by Gasteiger charge is -2.13. The Morgan fingerprint density at radius 1 is 0.566 bits per heavy atom. The van der Waals surface area contributed by atoms with Gasteiger partial charge in [-0.3, -0.25) is 19.2 Å². The average Bonchev–Trinajstić information content (AvgIpc) is 3.14. The highest BCUT2D eigenvalue weighted by molar-refractivity contribution is 6.34. The number of benzene rings is 3. The first-order chi connectivity index (χ1) is 25.1. The van der Waals surface area contributed by atoms with Gasteiger partial charge in [0.05, 0.1) is 61.4 Å². The molecule has 0 saturated heterocycles. The molecule has 0 spiro atoms. The first kappa shape index (κ1) is 40.7. The molecule has 0 aliphatic rings. The Morgan fingerprint density at radius 3 is 1.36 bits per heavy atom. The molecule has 18 nitrogen and oxygen atoms in total. The summed E-state index contributed by atoms with van der Waals surface area (Å²) in [5.41, 5.74) is -0.511. The minimum absolute atomic E-state index is 0.00714. The summed E-state index contributed by atoms with van der Waals surface area (Å²) >= 11 is 6.35. The summed E-state index contributed by atoms with van der Waals surface area (Å²) in [6.07, 6.45) is 0. The third kappa shape index (κ3) is 10.4. The zero-order valence-corrected chi connectivity index (χ0v) is 29.7. The number of esters is 4. The van der Waals surface area contributed by atoms with Crippen LogP contribution in [0.1, 0.15) is 55.3 Å². The minimum atomic E-state index is -1.73. The number of amides is 2. The number of halogens is 1. The van der Waals surface area contributed by atoms with Crippen LogP contribution < -0.4 is 10.6 Å². The molecule has 0 radical (unpaired) electrons. The van der Waals surface area contributed by atoms with Crippen LogP contribution in [0.25, 0.3) is 0 Å². The lowest BCUT2D eigenvalue weighted by Crippen LogP contribution is -2.32. The highest BCUT2D eigenvalue weighted by Crippen LogP contribution is 2.28. The Hall–Kier alpha value is -6.69. The largest absolute Gasteiger partial charge is 0.465 e. The number of azo groups is 2. The molecule has 0 aromatic heterocycles. The highest BCUT2D eigenvalue weighted by atomic mass is 35.5. The fourth-order valence-corrected chi connectivity index (χ4v) is 4.49. The summed E-state index contributed by atoms with van der Waals surface area (Å²) in [6, 6.07) is 7.78. The van der Waals surface area contributed by atoms with Gasteiger partial charge in [-0.15, -0.1) is 0 Å². The molecule has 2 N–H and O–H groups in total. The van der Waals surface area contributed by atoms with Gasteiger partial charge in [0.15, 0.2) is 11.6 Å². The molecule has 0 aliphatic carbocycles. The van der Waals surface area contributed by atoms with E-state index in [4.69, 9.17) is 21.1 Å². The van der Waals surface area contributed by atoms with Gasteiger partial charge in [0, 0.05) is 5.69 Å². The summed E-state index contributed by atoms with van der Waals surface area (Å²) < 4.78 is 18.8. The predicted molar refractivity (Wildman–Crippen MR) is 185 cm³/mol. The normalized spacial score (nSPS) is 12.0. The van der Waals surface area contributed by atoms with Crippen LogP contribution in [-0.4, -0.2) is 87.8 Å². The van der Waals surface area contributed by atoms with Crippen LogP contribution in [0.3, 0.4) is 0 Å². The summed E-state index contributed by atoms with van der Waals surface area (Å²) in [6.45, 7) is 2.15. The minimum Gasteiger partial charge on any atom is -0.465 e. The van der Waals surface area contributed by atoms with Crippen molar-refractivity contribution in [1.82, 2.24) is 0 Å². The molecular formula is C34H31ClN6O12. The van der Waals surface area contributed by atoms with Gasteiger partial charge >= 0.3 is 23.9 Å².